The first-order valence-corrected chi connectivity index (χ1v) is 3.76. The largest absolute Gasteiger partial charge is 0.295 e. The van der Waals surface area contributed by atoms with Gasteiger partial charge in [0.05, 0.1) is 5.69 Å². The van der Waals surface area contributed by atoms with Crippen molar-refractivity contribution in [1.82, 2.24) is 0 Å². The highest BCUT2D eigenvalue weighted by molar-refractivity contribution is 6.24. The maximum Gasteiger partial charge on any atom is 0.159 e. The number of hydrogen-bond donors (Lipinski definition) is 1. The Morgan fingerprint density at radius 3 is 2.25 bits per heavy atom. The number of rotatable bonds is 2. The number of Topliss-reactive ketones (excluding diaryl/α,β-unsaturated/α-hetero) is 1. The van der Waals surface area contributed by atoms with Gasteiger partial charge in [0.25, 0.3) is 0 Å². The third kappa shape index (κ3) is 1.96. The summed E-state index contributed by atoms with van der Waals surface area (Å²) in [5.41, 5.74) is 1.30. The normalized spacial score (nSPS) is 9.58. The van der Waals surface area contributed by atoms with Crippen LogP contribution in [0.1, 0.15) is 17.3 Å². The van der Waals surface area contributed by atoms with Gasteiger partial charge < -0.3 is 0 Å². The van der Waals surface area contributed by atoms with Crippen molar-refractivity contribution in [3.05, 3.63) is 29.8 Å². The second-order valence-electron chi connectivity index (χ2n) is 2.41. The maximum atomic E-state index is 10.8. The molecule has 0 aliphatic rings. The minimum Gasteiger partial charge on any atom is -0.295 e. The maximum absolute atomic E-state index is 10.8. The second-order valence-corrected chi connectivity index (χ2v) is 2.78. The quantitative estimate of drug-likeness (QED) is 0.330. The molecule has 0 heterocycles. The molecule has 0 unspecified atom stereocenters. The SMILES string of the molecule is CC(=O)c1ccc(N(N)Cl)cc1. The van der Waals surface area contributed by atoms with E-state index >= 15 is 0 Å². The van der Waals surface area contributed by atoms with Gasteiger partial charge in [-0.3, -0.25) is 4.79 Å². The van der Waals surface area contributed by atoms with Gasteiger partial charge in [-0.1, -0.05) is 0 Å². The topological polar surface area (TPSA) is 46.3 Å². The zero-order valence-electron chi connectivity index (χ0n) is 6.62. The van der Waals surface area contributed by atoms with Crippen LogP contribution in [0.5, 0.6) is 0 Å². The number of anilines is 1. The first-order valence-electron chi connectivity index (χ1n) is 3.43. The average molecular weight is 185 g/mol. The molecule has 0 amide bonds. The Bertz CT molecular complexity index is 282. The number of benzene rings is 1. The number of nitrogens with zero attached hydrogens (tertiary/aromatic N) is 1. The van der Waals surface area contributed by atoms with E-state index < -0.39 is 0 Å². The predicted octanol–water partition coefficient (Wildman–Crippen LogP) is 1.72. The Labute approximate surface area is 75.8 Å². The molecule has 0 saturated heterocycles. The first kappa shape index (κ1) is 9.03. The minimum absolute atomic E-state index is 0.0275. The van der Waals surface area contributed by atoms with Crippen molar-refractivity contribution < 1.29 is 4.79 Å². The molecule has 0 aromatic heterocycles. The Morgan fingerprint density at radius 1 is 1.42 bits per heavy atom. The lowest BCUT2D eigenvalue weighted by Gasteiger charge is -2.07. The standard InChI is InChI=1S/C8H9ClN2O/c1-6(12)7-2-4-8(5-3-7)11(9)10/h2-5H,10H2,1H3. The predicted molar refractivity (Wildman–Crippen MR) is 49.0 cm³/mol. The number of halogens is 1. The molecular weight excluding hydrogens is 176 g/mol. The Balaban J connectivity index is 2.93. The molecule has 0 radical (unpaired) electrons. The summed E-state index contributed by atoms with van der Waals surface area (Å²) in [4.78, 5) is 10.8. The van der Waals surface area contributed by atoms with Crippen LogP contribution in [0.3, 0.4) is 0 Å². The van der Waals surface area contributed by atoms with Gasteiger partial charge in [-0.05, 0) is 31.2 Å². The van der Waals surface area contributed by atoms with Crippen LogP contribution in [0.2, 0.25) is 0 Å². The summed E-state index contributed by atoms with van der Waals surface area (Å²) in [6, 6.07) is 6.73. The van der Waals surface area contributed by atoms with E-state index in [1.165, 1.54) is 6.92 Å². The molecule has 1 aromatic carbocycles. The molecular formula is C8H9ClN2O. The number of carbonyl (C=O) groups is 1. The highest BCUT2D eigenvalue weighted by Gasteiger charge is 2.00. The van der Waals surface area contributed by atoms with Crippen LogP contribution in [-0.2, 0) is 0 Å². The number of hydrogen-bond acceptors (Lipinski definition) is 3. The summed E-state index contributed by atoms with van der Waals surface area (Å²) in [6.45, 7) is 1.51. The molecule has 0 saturated carbocycles. The van der Waals surface area contributed by atoms with Crippen molar-refractivity contribution in [2.24, 2.45) is 5.84 Å². The van der Waals surface area contributed by atoms with E-state index in [1.807, 2.05) is 0 Å². The van der Waals surface area contributed by atoms with Gasteiger partial charge in [-0.15, -0.1) is 0 Å². The third-order valence-corrected chi connectivity index (χ3v) is 1.72. The van der Waals surface area contributed by atoms with E-state index in [9.17, 15) is 4.79 Å². The lowest BCUT2D eigenvalue weighted by molar-refractivity contribution is 0.101. The summed E-state index contributed by atoms with van der Waals surface area (Å²) in [6.07, 6.45) is 0. The number of carbonyl (C=O) groups excluding carboxylic acids is 1. The number of ketones is 1. The highest BCUT2D eigenvalue weighted by atomic mass is 35.5. The van der Waals surface area contributed by atoms with Crippen molar-refractivity contribution in [3.8, 4) is 0 Å². The van der Waals surface area contributed by atoms with Gasteiger partial charge >= 0.3 is 0 Å². The molecule has 12 heavy (non-hydrogen) atoms. The van der Waals surface area contributed by atoms with Crippen LogP contribution in [0, 0.1) is 0 Å². The summed E-state index contributed by atoms with van der Waals surface area (Å²) in [7, 11) is 0. The fraction of sp³-hybridized carbons (Fsp3) is 0.125. The molecule has 0 spiro atoms. The number of nitrogens with two attached hydrogens (primary N) is 1. The van der Waals surface area contributed by atoms with Crippen LogP contribution in [0.15, 0.2) is 24.3 Å². The molecule has 1 aromatic rings. The molecule has 0 aliphatic heterocycles. The van der Waals surface area contributed by atoms with Crippen molar-refractivity contribution >= 4 is 23.2 Å². The number of hydrazine groups is 1. The van der Waals surface area contributed by atoms with Gasteiger partial charge in [0.1, 0.15) is 0 Å². The molecule has 0 atom stereocenters. The summed E-state index contributed by atoms with van der Waals surface area (Å²) in [5, 5.41) is 0. The molecule has 64 valence electrons. The third-order valence-electron chi connectivity index (χ3n) is 1.52. The first-order chi connectivity index (χ1) is 5.61. The zero-order chi connectivity index (χ0) is 9.14. The molecule has 0 aliphatic carbocycles. The van der Waals surface area contributed by atoms with Gasteiger partial charge in [0, 0.05) is 17.3 Å². The Morgan fingerprint density at radius 2 is 1.92 bits per heavy atom. The minimum atomic E-state index is 0.0275. The van der Waals surface area contributed by atoms with Crippen LogP contribution >= 0.6 is 11.8 Å². The Hall–Kier alpha value is -1.06. The summed E-state index contributed by atoms with van der Waals surface area (Å²) < 4.78 is 0.976. The van der Waals surface area contributed by atoms with Crippen LogP contribution in [0.25, 0.3) is 0 Å². The van der Waals surface area contributed by atoms with Gasteiger partial charge in [-0.25, -0.2) is 10.4 Å². The van der Waals surface area contributed by atoms with E-state index in [0.717, 1.165) is 4.53 Å². The van der Waals surface area contributed by atoms with Crippen molar-refractivity contribution in [2.75, 3.05) is 4.53 Å². The molecule has 0 fully saturated rings. The molecule has 4 heteroatoms. The summed E-state index contributed by atoms with van der Waals surface area (Å²) in [5.74, 6) is 5.28. The monoisotopic (exact) mass is 184 g/mol. The Kier molecular flexibility index (Phi) is 2.68. The van der Waals surface area contributed by atoms with Crippen LogP contribution in [-0.4, -0.2) is 5.78 Å². The van der Waals surface area contributed by atoms with E-state index in [2.05, 4.69) is 0 Å². The highest BCUT2D eigenvalue weighted by Crippen LogP contribution is 2.13. The lowest BCUT2D eigenvalue weighted by atomic mass is 10.1. The van der Waals surface area contributed by atoms with Gasteiger partial charge in [0.2, 0.25) is 0 Å². The van der Waals surface area contributed by atoms with Crippen molar-refractivity contribution in [2.45, 2.75) is 6.92 Å². The fourth-order valence-electron chi connectivity index (χ4n) is 0.839. The smallest absolute Gasteiger partial charge is 0.159 e. The van der Waals surface area contributed by atoms with Crippen molar-refractivity contribution in [3.63, 3.8) is 0 Å². The molecule has 3 nitrogen and oxygen atoms in total. The second kappa shape index (κ2) is 3.56. The van der Waals surface area contributed by atoms with Gasteiger partial charge in [0.15, 0.2) is 5.78 Å². The van der Waals surface area contributed by atoms with Crippen molar-refractivity contribution in [1.29, 1.82) is 0 Å². The van der Waals surface area contributed by atoms with Gasteiger partial charge in [-0.2, -0.15) is 0 Å². The van der Waals surface area contributed by atoms with E-state index in [4.69, 9.17) is 17.6 Å². The fourth-order valence-corrected chi connectivity index (χ4v) is 0.951. The van der Waals surface area contributed by atoms with E-state index in [1.54, 1.807) is 24.3 Å². The van der Waals surface area contributed by atoms with Crippen LogP contribution in [0.4, 0.5) is 5.69 Å². The molecule has 2 N–H and O–H groups in total. The average Bonchev–Trinajstić information content (AvgIpc) is 2.04. The van der Waals surface area contributed by atoms with E-state index in [-0.39, 0.29) is 5.78 Å². The molecule has 1 rings (SSSR count). The van der Waals surface area contributed by atoms with E-state index in [0.29, 0.717) is 11.3 Å². The molecule has 0 bridgehead atoms. The van der Waals surface area contributed by atoms with Crippen LogP contribution < -0.4 is 10.4 Å². The lowest BCUT2D eigenvalue weighted by Crippen LogP contribution is -2.18. The zero-order valence-corrected chi connectivity index (χ0v) is 7.38. The summed E-state index contributed by atoms with van der Waals surface area (Å²) >= 11 is 5.46.